The predicted molar refractivity (Wildman–Crippen MR) is 129 cm³/mol. The molecule has 4 heteroatoms. The summed E-state index contributed by atoms with van der Waals surface area (Å²) in [7, 11) is 0. The molecule has 0 atom stereocenters. The maximum absolute atomic E-state index is 11.5. The summed E-state index contributed by atoms with van der Waals surface area (Å²) in [6.07, 6.45) is 5.52. The quantitative estimate of drug-likeness (QED) is 0.228. The van der Waals surface area contributed by atoms with Gasteiger partial charge in [0.25, 0.3) is 0 Å². The van der Waals surface area contributed by atoms with Crippen molar-refractivity contribution in [3.8, 4) is 22.3 Å². The molecule has 158 valence electrons. The summed E-state index contributed by atoms with van der Waals surface area (Å²) in [6, 6.07) is 24.4. The first-order valence-electron chi connectivity index (χ1n) is 10.9. The average Bonchev–Trinajstić information content (AvgIpc) is 3.24. The van der Waals surface area contributed by atoms with Gasteiger partial charge in [-0.05, 0) is 34.2 Å². The summed E-state index contributed by atoms with van der Waals surface area (Å²) >= 11 is 0. The van der Waals surface area contributed by atoms with Crippen molar-refractivity contribution in [3.63, 3.8) is 0 Å². The van der Waals surface area contributed by atoms with Crippen LogP contribution in [-0.4, -0.2) is 15.8 Å². The number of unbranched alkanes of at least 4 members (excludes halogenated alkanes) is 1. The van der Waals surface area contributed by atoms with E-state index in [1.807, 2.05) is 34.9 Å². The van der Waals surface area contributed by atoms with E-state index in [2.05, 4.69) is 59.2 Å². The van der Waals surface area contributed by atoms with E-state index >= 15 is 0 Å². The number of hydrogen-bond acceptors (Lipinski definition) is 2. The topological polar surface area (TPSA) is 39.2 Å². The van der Waals surface area contributed by atoms with E-state index in [4.69, 9.17) is 6.57 Å². The van der Waals surface area contributed by atoms with Crippen LogP contribution in [0.3, 0.4) is 0 Å². The first kappa shape index (κ1) is 21.3. The molecular formula is C28H25N3O. The van der Waals surface area contributed by atoms with E-state index in [0.717, 1.165) is 59.2 Å². The van der Waals surface area contributed by atoms with E-state index in [1.54, 1.807) is 6.20 Å². The normalized spacial score (nSPS) is 10.6. The van der Waals surface area contributed by atoms with Gasteiger partial charge in [-0.3, -0.25) is 4.79 Å². The molecule has 32 heavy (non-hydrogen) atoms. The first-order valence-corrected chi connectivity index (χ1v) is 10.9. The monoisotopic (exact) mass is 419 g/mol. The second-order valence-electron chi connectivity index (χ2n) is 7.81. The van der Waals surface area contributed by atoms with Crippen molar-refractivity contribution in [2.24, 2.45) is 0 Å². The Bertz CT molecular complexity index is 1250. The summed E-state index contributed by atoms with van der Waals surface area (Å²) in [4.78, 5) is 19.6. The predicted octanol–water partition coefficient (Wildman–Crippen LogP) is 6.97. The Morgan fingerprint density at radius 1 is 0.969 bits per heavy atom. The van der Waals surface area contributed by atoms with Crippen molar-refractivity contribution in [2.45, 2.75) is 32.7 Å². The molecule has 0 amide bonds. The van der Waals surface area contributed by atoms with Crippen molar-refractivity contribution < 1.29 is 4.79 Å². The van der Waals surface area contributed by atoms with E-state index < -0.39 is 0 Å². The average molecular weight is 420 g/mol. The van der Waals surface area contributed by atoms with Crippen molar-refractivity contribution >= 4 is 12.0 Å². The van der Waals surface area contributed by atoms with Crippen molar-refractivity contribution in [3.05, 3.63) is 107 Å². The standard InChI is InChI=1S/C28H25N3O/c1-3-4-10-28-30-18-25(20-32)31(28)19-21-11-13-23(14-12-21)26-17-24(15-16-27(26)29-2)22-8-6-5-7-9-22/h5-9,11-18,20H,3-4,10,19H2,1H3. The summed E-state index contributed by atoms with van der Waals surface area (Å²) in [5.41, 5.74) is 6.48. The van der Waals surface area contributed by atoms with Crippen LogP contribution < -0.4 is 0 Å². The van der Waals surface area contributed by atoms with Crippen LogP contribution in [0.2, 0.25) is 0 Å². The highest BCUT2D eigenvalue weighted by atomic mass is 16.1. The molecule has 0 aliphatic carbocycles. The summed E-state index contributed by atoms with van der Waals surface area (Å²) in [6.45, 7) is 10.3. The lowest BCUT2D eigenvalue weighted by Crippen LogP contribution is -2.08. The zero-order valence-corrected chi connectivity index (χ0v) is 18.2. The number of imidazole rings is 1. The van der Waals surface area contributed by atoms with E-state index in [0.29, 0.717) is 17.9 Å². The molecule has 4 nitrogen and oxygen atoms in total. The molecule has 0 bridgehead atoms. The van der Waals surface area contributed by atoms with Gasteiger partial charge in [-0.1, -0.05) is 86.1 Å². The van der Waals surface area contributed by atoms with Gasteiger partial charge in [0.05, 0.1) is 12.8 Å². The van der Waals surface area contributed by atoms with Crippen LogP contribution in [0, 0.1) is 6.57 Å². The Morgan fingerprint density at radius 2 is 1.72 bits per heavy atom. The maximum atomic E-state index is 11.5. The Kier molecular flexibility index (Phi) is 6.57. The number of carbonyl (C=O) groups is 1. The van der Waals surface area contributed by atoms with Gasteiger partial charge in [0.1, 0.15) is 11.5 Å². The molecule has 4 rings (SSSR count). The van der Waals surface area contributed by atoms with Crippen molar-refractivity contribution in [1.29, 1.82) is 0 Å². The highest BCUT2D eigenvalue weighted by Crippen LogP contribution is 2.34. The SMILES string of the molecule is [C-]#[N+]c1ccc(-c2ccccc2)cc1-c1ccc(Cn2c(C=O)cnc2CCCC)cc1. The number of aryl methyl sites for hydroxylation is 1. The molecule has 0 saturated heterocycles. The number of benzene rings is 3. The first-order chi connectivity index (χ1) is 15.7. The minimum atomic E-state index is 0.603. The fourth-order valence-electron chi connectivity index (χ4n) is 3.89. The molecule has 0 spiro atoms. The molecule has 0 unspecified atom stereocenters. The second-order valence-corrected chi connectivity index (χ2v) is 7.81. The fourth-order valence-corrected chi connectivity index (χ4v) is 3.89. The van der Waals surface area contributed by atoms with E-state index in [9.17, 15) is 4.79 Å². The van der Waals surface area contributed by atoms with Crippen LogP contribution >= 0.6 is 0 Å². The van der Waals surface area contributed by atoms with Gasteiger partial charge in [0.2, 0.25) is 0 Å². The lowest BCUT2D eigenvalue weighted by molar-refractivity contribution is 0.111. The van der Waals surface area contributed by atoms with Gasteiger partial charge in [0, 0.05) is 13.0 Å². The molecule has 0 fully saturated rings. The van der Waals surface area contributed by atoms with Crippen LogP contribution in [0.5, 0.6) is 0 Å². The summed E-state index contributed by atoms with van der Waals surface area (Å²) < 4.78 is 2.00. The maximum Gasteiger partial charge on any atom is 0.194 e. The Hall–Kier alpha value is -3.97. The highest BCUT2D eigenvalue weighted by Gasteiger charge is 2.11. The van der Waals surface area contributed by atoms with Gasteiger partial charge in [-0.25, -0.2) is 9.83 Å². The van der Waals surface area contributed by atoms with E-state index in [1.165, 1.54) is 0 Å². The van der Waals surface area contributed by atoms with Gasteiger partial charge in [-0.15, -0.1) is 0 Å². The second kappa shape index (κ2) is 9.89. The molecule has 0 N–H and O–H groups in total. The largest absolute Gasteiger partial charge is 0.321 e. The number of carbonyl (C=O) groups excluding carboxylic acids is 1. The number of rotatable bonds is 8. The smallest absolute Gasteiger partial charge is 0.194 e. The molecular weight excluding hydrogens is 394 g/mol. The fraction of sp³-hybridized carbons (Fsp3) is 0.179. The molecule has 0 radical (unpaired) electrons. The minimum Gasteiger partial charge on any atom is -0.321 e. The molecule has 0 aliphatic heterocycles. The number of aldehydes is 1. The van der Waals surface area contributed by atoms with Gasteiger partial charge < -0.3 is 4.57 Å². The summed E-state index contributed by atoms with van der Waals surface area (Å²) in [5, 5.41) is 0. The highest BCUT2D eigenvalue weighted by molar-refractivity contribution is 5.83. The molecule has 1 aromatic heterocycles. The molecule has 0 aliphatic rings. The van der Waals surface area contributed by atoms with Gasteiger partial charge in [-0.2, -0.15) is 0 Å². The Labute approximate surface area is 189 Å². The third-order valence-corrected chi connectivity index (χ3v) is 5.67. The number of nitrogens with zero attached hydrogens (tertiary/aromatic N) is 3. The van der Waals surface area contributed by atoms with Gasteiger partial charge >= 0.3 is 0 Å². The zero-order chi connectivity index (χ0) is 22.3. The minimum absolute atomic E-state index is 0.603. The van der Waals surface area contributed by atoms with Crippen LogP contribution in [0.15, 0.2) is 79.0 Å². The number of hydrogen-bond donors (Lipinski definition) is 0. The lowest BCUT2D eigenvalue weighted by Gasteiger charge is -2.12. The van der Waals surface area contributed by atoms with Crippen LogP contribution in [0.4, 0.5) is 5.69 Å². The Morgan fingerprint density at radius 3 is 2.41 bits per heavy atom. The summed E-state index contributed by atoms with van der Waals surface area (Å²) in [5.74, 6) is 0.948. The molecule has 4 aromatic rings. The zero-order valence-electron chi connectivity index (χ0n) is 18.2. The van der Waals surface area contributed by atoms with Crippen molar-refractivity contribution in [2.75, 3.05) is 0 Å². The van der Waals surface area contributed by atoms with E-state index in [-0.39, 0.29) is 0 Å². The van der Waals surface area contributed by atoms with Crippen LogP contribution in [0.25, 0.3) is 27.1 Å². The number of aromatic nitrogens is 2. The van der Waals surface area contributed by atoms with Crippen LogP contribution in [-0.2, 0) is 13.0 Å². The van der Waals surface area contributed by atoms with Crippen LogP contribution in [0.1, 0.15) is 41.6 Å². The molecule has 0 saturated carbocycles. The third kappa shape index (κ3) is 4.53. The molecule has 3 aromatic carbocycles. The van der Waals surface area contributed by atoms with Gasteiger partial charge in [0.15, 0.2) is 12.0 Å². The lowest BCUT2D eigenvalue weighted by atomic mass is 9.97. The Balaban J connectivity index is 1.63. The third-order valence-electron chi connectivity index (χ3n) is 5.67. The van der Waals surface area contributed by atoms with Crippen molar-refractivity contribution in [1.82, 2.24) is 9.55 Å². The molecule has 1 heterocycles.